The third-order valence-corrected chi connectivity index (χ3v) is 6.61. The Bertz CT molecular complexity index is 1090. The highest BCUT2D eigenvalue weighted by Crippen LogP contribution is 2.53. The van der Waals surface area contributed by atoms with Crippen molar-refractivity contribution >= 4 is 39.8 Å². The third kappa shape index (κ3) is 2.22. The fourth-order valence-electron chi connectivity index (χ4n) is 4.36. The van der Waals surface area contributed by atoms with Crippen molar-refractivity contribution in [2.24, 2.45) is 7.05 Å². The molecule has 132 valence electrons. The van der Waals surface area contributed by atoms with Gasteiger partial charge in [-0.25, -0.2) is 0 Å². The number of halogens is 1. The summed E-state index contributed by atoms with van der Waals surface area (Å²) in [6, 6.07) is 12.9. The Morgan fingerprint density at radius 1 is 1.15 bits per heavy atom. The zero-order valence-corrected chi connectivity index (χ0v) is 16.5. The Morgan fingerprint density at radius 3 is 2.77 bits per heavy atom. The lowest BCUT2D eigenvalue weighted by atomic mass is 10.1. The molecule has 2 aromatic carbocycles. The van der Waals surface area contributed by atoms with Crippen molar-refractivity contribution in [3.63, 3.8) is 0 Å². The topological polar surface area (TPSA) is 17.4 Å². The van der Waals surface area contributed by atoms with Crippen molar-refractivity contribution in [1.82, 2.24) is 9.47 Å². The van der Waals surface area contributed by atoms with E-state index in [0.717, 1.165) is 22.1 Å². The maximum Gasteiger partial charge on any atom is 0.144 e. The van der Waals surface area contributed by atoms with E-state index < -0.39 is 0 Å². The molecule has 5 heteroatoms. The summed E-state index contributed by atoms with van der Waals surface area (Å²) in [4.78, 5) is 4.64. The molecule has 0 fully saturated rings. The smallest absolute Gasteiger partial charge is 0.144 e. The van der Waals surface area contributed by atoms with Crippen LogP contribution in [0.4, 0.5) is 0 Å². The van der Waals surface area contributed by atoms with Gasteiger partial charge in [-0.3, -0.25) is 0 Å². The molecule has 0 N–H and O–H groups in total. The fourth-order valence-corrected chi connectivity index (χ4v) is 5.57. The number of methoxy groups -OCH3 is 1. The van der Waals surface area contributed by atoms with Crippen LogP contribution in [0.25, 0.3) is 16.5 Å². The minimum Gasteiger partial charge on any atom is -0.495 e. The van der Waals surface area contributed by atoms with Gasteiger partial charge < -0.3 is 14.2 Å². The number of ether oxygens (including phenoxy) is 1. The van der Waals surface area contributed by atoms with Gasteiger partial charge in [-0.05, 0) is 35.9 Å². The van der Waals surface area contributed by atoms with Crippen LogP contribution >= 0.6 is 23.4 Å². The van der Waals surface area contributed by atoms with E-state index in [1.54, 1.807) is 18.9 Å². The molecule has 2 bridgehead atoms. The van der Waals surface area contributed by atoms with Gasteiger partial charge in [0.1, 0.15) is 5.75 Å². The molecule has 1 atom stereocenters. The molecule has 2 aliphatic rings. The molecular formula is C21H19ClN2OS. The molecule has 3 nitrogen and oxygen atoms in total. The van der Waals surface area contributed by atoms with Crippen LogP contribution < -0.4 is 4.74 Å². The summed E-state index contributed by atoms with van der Waals surface area (Å²) in [5, 5.41) is 2.06. The summed E-state index contributed by atoms with van der Waals surface area (Å²) in [6.45, 7) is 0. The molecule has 5 rings (SSSR count). The first kappa shape index (κ1) is 16.2. The van der Waals surface area contributed by atoms with Crippen molar-refractivity contribution in [2.75, 3.05) is 14.2 Å². The van der Waals surface area contributed by atoms with Gasteiger partial charge in [-0.15, -0.1) is 0 Å². The third-order valence-electron chi connectivity index (χ3n) is 5.42. The number of rotatable bonds is 3. The van der Waals surface area contributed by atoms with E-state index in [2.05, 4.69) is 48.0 Å². The Balaban J connectivity index is 1.70. The normalized spacial score (nSPS) is 17.8. The number of hydrogen-bond acceptors (Lipinski definition) is 3. The lowest BCUT2D eigenvalue weighted by Crippen LogP contribution is -2.14. The number of aromatic nitrogens is 1. The molecule has 0 saturated carbocycles. The molecule has 0 radical (unpaired) electrons. The summed E-state index contributed by atoms with van der Waals surface area (Å²) in [5.74, 6) is 0.923. The van der Waals surface area contributed by atoms with E-state index in [9.17, 15) is 0 Å². The Kier molecular flexibility index (Phi) is 3.56. The molecule has 1 aliphatic heterocycles. The van der Waals surface area contributed by atoms with Crippen LogP contribution in [0.2, 0.25) is 5.02 Å². The quantitative estimate of drug-likeness (QED) is 0.576. The molecule has 3 aromatic rings. The molecule has 1 unspecified atom stereocenters. The Morgan fingerprint density at radius 2 is 2.00 bits per heavy atom. The van der Waals surface area contributed by atoms with Crippen LogP contribution in [0.5, 0.6) is 5.75 Å². The minimum atomic E-state index is 0.444. The predicted molar refractivity (Wildman–Crippen MR) is 108 cm³/mol. The zero-order valence-electron chi connectivity index (χ0n) is 14.9. The van der Waals surface area contributed by atoms with Gasteiger partial charge in [0.2, 0.25) is 0 Å². The molecular weight excluding hydrogens is 364 g/mol. The van der Waals surface area contributed by atoms with Gasteiger partial charge in [0.25, 0.3) is 0 Å². The number of aryl methyl sites for hydroxylation is 1. The van der Waals surface area contributed by atoms with E-state index in [0.29, 0.717) is 6.04 Å². The molecule has 26 heavy (non-hydrogen) atoms. The summed E-state index contributed by atoms with van der Waals surface area (Å²) in [5.41, 5.74) is 5.41. The van der Waals surface area contributed by atoms with Crippen molar-refractivity contribution in [3.8, 4) is 5.75 Å². The average molecular weight is 383 g/mol. The lowest BCUT2D eigenvalue weighted by Gasteiger charge is -2.21. The molecule has 0 saturated heterocycles. The summed E-state index contributed by atoms with van der Waals surface area (Å²) in [7, 11) is 6.07. The van der Waals surface area contributed by atoms with E-state index in [-0.39, 0.29) is 0 Å². The van der Waals surface area contributed by atoms with E-state index in [4.69, 9.17) is 16.3 Å². The number of hydrogen-bond donors (Lipinski definition) is 0. The molecule has 0 amide bonds. The van der Waals surface area contributed by atoms with Gasteiger partial charge in [0.05, 0.1) is 24.4 Å². The van der Waals surface area contributed by atoms with Crippen LogP contribution in [0.1, 0.15) is 23.7 Å². The summed E-state index contributed by atoms with van der Waals surface area (Å²) < 4.78 is 8.07. The highest BCUT2D eigenvalue weighted by molar-refractivity contribution is 7.99. The largest absolute Gasteiger partial charge is 0.495 e. The second-order valence-corrected chi connectivity index (χ2v) is 8.53. The molecule has 1 aromatic heterocycles. The minimum absolute atomic E-state index is 0.444. The number of fused-ring (bicyclic) bond motifs is 7. The SMILES string of the molecule is COc1cc(Sc2cccc(Cl)c2)cc2c3c(n(C)c12)C1=CN(C)C3C1. The predicted octanol–water partition coefficient (Wildman–Crippen LogP) is 5.72. The lowest BCUT2D eigenvalue weighted by molar-refractivity contribution is 0.372. The molecule has 0 spiro atoms. The monoisotopic (exact) mass is 382 g/mol. The Labute approximate surface area is 162 Å². The number of nitrogens with zero attached hydrogens (tertiary/aromatic N) is 2. The zero-order chi connectivity index (χ0) is 18.0. The highest BCUT2D eigenvalue weighted by atomic mass is 35.5. The van der Waals surface area contributed by atoms with E-state index in [1.165, 1.54) is 32.6 Å². The van der Waals surface area contributed by atoms with Gasteiger partial charge in [0, 0.05) is 52.5 Å². The van der Waals surface area contributed by atoms with E-state index >= 15 is 0 Å². The summed E-state index contributed by atoms with van der Waals surface area (Å²) in [6.07, 6.45) is 3.39. The van der Waals surface area contributed by atoms with Crippen LogP contribution in [-0.4, -0.2) is 23.6 Å². The van der Waals surface area contributed by atoms with Crippen molar-refractivity contribution < 1.29 is 4.74 Å². The van der Waals surface area contributed by atoms with Crippen LogP contribution in [-0.2, 0) is 7.05 Å². The van der Waals surface area contributed by atoms with Gasteiger partial charge in [-0.1, -0.05) is 29.4 Å². The maximum atomic E-state index is 6.15. The fraction of sp³-hybridized carbons (Fsp3) is 0.238. The highest BCUT2D eigenvalue weighted by Gasteiger charge is 2.39. The first-order chi connectivity index (χ1) is 12.6. The van der Waals surface area contributed by atoms with Crippen molar-refractivity contribution in [2.45, 2.75) is 22.3 Å². The van der Waals surface area contributed by atoms with Crippen LogP contribution in [0, 0.1) is 0 Å². The van der Waals surface area contributed by atoms with Gasteiger partial charge in [0.15, 0.2) is 0 Å². The van der Waals surface area contributed by atoms with Crippen molar-refractivity contribution in [1.29, 1.82) is 0 Å². The maximum absolute atomic E-state index is 6.15. The second-order valence-electron chi connectivity index (χ2n) is 6.94. The first-order valence-electron chi connectivity index (χ1n) is 8.63. The van der Waals surface area contributed by atoms with E-state index in [1.807, 2.05) is 18.2 Å². The molecule has 1 aliphatic carbocycles. The van der Waals surface area contributed by atoms with Gasteiger partial charge >= 0.3 is 0 Å². The second kappa shape index (κ2) is 5.73. The van der Waals surface area contributed by atoms with Crippen LogP contribution in [0.3, 0.4) is 0 Å². The van der Waals surface area contributed by atoms with Crippen molar-refractivity contribution in [3.05, 3.63) is 58.9 Å². The average Bonchev–Trinajstić information content (AvgIpc) is 3.25. The Hall–Kier alpha value is -2.04. The molecule has 2 heterocycles. The standard InChI is InChI=1S/C21H19ClN2OS/c1-23-11-12-7-17(23)19-16-9-15(26-14-6-4-5-13(22)8-14)10-18(25-3)21(16)24(2)20(12)19/h4-6,8-11,17H,7H2,1-3H3. The number of benzene rings is 2. The van der Waals surface area contributed by atoms with Gasteiger partial charge in [-0.2, -0.15) is 0 Å². The first-order valence-corrected chi connectivity index (χ1v) is 9.83. The van der Waals surface area contributed by atoms with Crippen LogP contribution in [0.15, 0.2) is 52.4 Å². The summed E-state index contributed by atoms with van der Waals surface area (Å²) >= 11 is 7.87.